The Morgan fingerprint density at radius 3 is 2.81 bits per heavy atom. The van der Waals surface area contributed by atoms with E-state index in [9.17, 15) is 0 Å². The van der Waals surface area contributed by atoms with Crippen LogP contribution in [0.4, 0.5) is 0 Å². The van der Waals surface area contributed by atoms with Gasteiger partial charge in [-0.05, 0) is 25.7 Å². The number of hydrogen-bond donors (Lipinski definition) is 1. The number of rotatable bonds is 5. The summed E-state index contributed by atoms with van der Waals surface area (Å²) in [7, 11) is 0. The Kier molecular flexibility index (Phi) is 6.46. The van der Waals surface area contributed by atoms with Crippen LogP contribution in [0.15, 0.2) is 4.99 Å². The lowest BCUT2D eigenvalue weighted by Crippen LogP contribution is -2.41. The van der Waals surface area contributed by atoms with Crippen molar-refractivity contribution in [1.82, 2.24) is 5.32 Å². The predicted molar refractivity (Wildman–Crippen MR) is 69.0 cm³/mol. The summed E-state index contributed by atoms with van der Waals surface area (Å²) in [6.07, 6.45) is 4.93. The average molecular weight is 226 g/mol. The van der Waals surface area contributed by atoms with Crippen molar-refractivity contribution in [3.05, 3.63) is 0 Å². The number of ether oxygens (including phenoxy) is 1. The van der Waals surface area contributed by atoms with Gasteiger partial charge in [0.2, 0.25) is 0 Å². The zero-order chi connectivity index (χ0) is 11.8. The number of nitrogens with zero attached hydrogens (tertiary/aromatic N) is 1. The molecule has 1 heterocycles. The molecule has 16 heavy (non-hydrogen) atoms. The molecule has 1 N–H and O–H groups in total. The summed E-state index contributed by atoms with van der Waals surface area (Å²) < 4.78 is 5.51. The molecular weight excluding hydrogens is 200 g/mol. The molecule has 1 atom stereocenters. The topological polar surface area (TPSA) is 33.6 Å². The summed E-state index contributed by atoms with van der Waals surface area (Å²) in [5.74, 6) is 1.77. The van der Waals surface area contributed by atoms with Crippen LogP contribution in [0.5, 0.6) is 0 Å². The number of amidine groups is 1. The van der Waals surface area contributed by atoms with Crippen molar-refractivity contribution < 1.29 is 4.74 Å². The Morgan fingerprint density at radius 1 is 1.31 bits per heavy atom. The summed E-state index contributed by atoms with van der Waals surface area (Å²) in [5, 5.41) is 3.56. The molecule has 0 amide bonds. The van der Waals surface area contributed by atoms with E-state index in [1.165, 1.54) is 25.1 Å². The quantitative estimate of drug-likeness (QED) is 0.782. The zero-order valence-corrected chi connectivity index (χ0v) is 11.0. The van der Waals surface area contributed by atoms with E-state index in [1.54, 1.807) is 0 Å². The third kappa shape index (κ3) is 4.97. The van der Waals surface area contributed by atoms with Gasteiger partial charge < -0.3 is 10.1 Å². The number of hydrogen-bond acceptors (Lipinski definition) is 3. The molecule has 1 aliphatic rings. The molecule has 1 unspecified atom stereocenters. The van der Waals surface area contributed by atoms with Gasteiger partial charge in [-0.1, -0.05) is 20.3 Å². The minimum absolute atomic E-state index is 0.400. The van der Waals surface area contributed by atoms with E-state index in [1.807, 2.05) is 6.92 Å². The van der Waals surface area contributed by atoms with Crippen LogP contribution in [0.2, 0.25) is 0 Å². The molecule has 3 nitrogen and oxygen atoms in total. The van der Waals surface area contributed by atoms with Crippen molar-refractivity contribution in [1.29, 1.82) is 0 Å². The molecule has 3 heteroatoms. The first kappa shape index (κ1) is 13.5. The van der Waals surface area contributed by atoms with Crippen LogP contribution in [0.25, 0.3) is 0 Å². The first-order chi connectivity index (χ1) is 7.74. The van der Waals surface area contributed by atoms with Gasteiger partial charge in [0, 0.05) is 19.6 Å². The summed E-state index contributed by atoms with van der Waals surface area (Å²) >= 11 is 0. The predicted octanol–water partition coefficient (Wildman–Crippen LogP) is 2.61. The maximum Gasteiger partial charge on any atom is 0.0966 e. The first-order valence-electron chi connectivity index (χ1n) is 6.61. The van der Waals surface area contributed by atoms with Crippen molar-refractivity contribution in [3.63, 3.8) is 0 Å². The Hall–Kier alpha value is -0.570. The fraction of sp³-hybridized carbons (Fsp3) is 0.923. The molecule has 0 bridgehead atoms. The second kappa shape index (κ2) is 7.66. The molecule has 1 aliphatic heterocycles. The third-order valence-corrected chi connectivity index (χ3v) is 3.03. The first-order valence-corrected chi connectivity index (χ1v) is 6.61. The molecular formula is C13H26N2O. The van der Waals surface area contributed by atoms with Gasteiger partial charge in [-0.15, -0.1) is 0 Å². The molecule has 0 fully saturated rings. The van der Waals surface area contributed by atoms with E-state index in [0.29, 0.717) is 12.0 Å². The SMILES string of the molecule is CCOCC(NC1=NCCCCC1)C(C)C. The average Bonchev–Trinajstić information content (AvgIpc) is 2.52. The van der Waals surface area contributed by atoms with Crippen LogP contribution >= 0.6 is 0 Å². The van der Waals surface area contributed by atoms with E-state index in [2.05, 4.69) is 24.2 Å². The highest BCUT2D eigenvalue weighted by atomic mass is 16.5. The highest BCUT2D eigenvalue weighted by molar-refractivity contribution is 5.82. The van der Waals surface area contributed by atoms with Crippen LogP contribution in [0.3, 0.4) is 0 Å². The molecule has 0 saturated heterocycles. The molecule has 0 aromatic carbocycles. The Labute approximate surface area is 99.7 Å². The van der Waals surface area contributed by atoms with Gasteiger partial charge >= 0.3 is 0 Å². The van der Waals surface area contributed by atoms with E-state index in [4.69, 9.17) is 4.74 Å². The van der Waals surface area contributed by atoms with E-state index >= 15 is 0 Å². The molecule has 0 aliphatic carbocycles. The zero-order valence-electron chi connectivity index (χ0n) is 11.0. The van der Waals surface area contributed by atoms with Gasteiger partial charge in [-0.25, -0.2) is 0 Å². The van der Waals surface area contributed by atoms with E-state index < -0.39 is 0 Å². The van der Waals surface area contributed by atoms with Gasteiger partial charge in [-0.2, -0.15) is 0 Å². The standard InChI is InChI=1S/C13H26N2O/c1-4-16-10-12(11(2)3)15-13-8-6-5-7-9-14-13/h11-12H,4-10H2,1-3H3,(H,14,15). The number of aliphatic imine (C=N–C) groups is 1. The smallest absolute Gasteiger partial charge is 0.0966 e. The Bertz CT molecular complexity index is 214. The Balaban J connectivity index is 2.42. The van der Waals surface area contributed by atoms with Gasteiger partial charge in [0.15, 0.2) is 0 Å². The largest absolute Gasteiger partial charge is 0.380 e. The van der Waals surface area contributed by atoms with Crippen molar-refractivity contribution in [2.45, 2.75) is 52.5 Å². The van der Waals surface area contributed by atoms with E-state index in [-0.39, 0.29) is 0 Å². The van der Waals surface area contributed by atoms with Crippen molar-refractivity contribution in [2.75, 3.05) is 19.8 Å². The highest BCUT2D eigenvalue weighted by Gasteiger charge is 2.15. The fourth-order valence-corrected chi connectivity index (χ4v) is 1.85. The third-order valence-electron chi connectivity index (χ3n) is 3.03. The molecule has 0 radical (unpaired) electrons. The lowest BCUT2D eigenvalue weighted by molar-refractivity contribution is 0.115. The fourth-order valence-electron chi connectivity index (χ4n) is 1.85. The summed E-state index contributed by atoms with van der Waals surface area (Å²) in [4.78, 5) is 4.60. The molecule has 94 valence electrons. The molecule has 0 aromatic rings. The van der Waals surface area contributed by atoms with Crippen molar-refractivity contribution in [3.8, 4) is 0 Å². The second-order valence-electron chi connectivity index (χ2n) is 4.79. The summed E-state index contributed by atoms with van der Waals surface area (Å²) in [6, 6.07) is 0.400. The Morgan fingerprint density at radius 2 is 2.12 bits per heavy atom. The maximum atomic E-state index is 5.51. The summed E-state index contributed by atoms with van der Waals surface area (Å²) in [6.45, 7) is 9.06. The minimum Gasteiger partial charge on any atom is -0.380 e. The normalized spacial score (nSPS) is 19.1. The molecule has 0 saturated carbocycles. The van der Waals surface area contributed by atoms with Gasteiger partial charge in [0.1, 0.15) is 0 Å². The molecule has 1 rings (SSSR count). The van der Waals surface area contributed by atoms with E-state index in [0.717, 1.165) is 26.2 Å². The van der Waals surface area contributed by atoms with Crippen LogP contribution in [-0.2, 0) is 4.74 Å². The van der Waals surface area contributed by atoms with Crippen LogP contribution in [0, 0.1) is 5.92 Å². The highest BCUT2D eigenvalue weighted by Crippen LogP contribution is 2.09. The monoisotopic (exact) mass is 226 g/mol. The van der Waals surface area contributed by atoms with Crippen molar-refractivity contribution in [2.24, 2.45) is 10.9 Å². The minimum atomic E-state index is 0.400. The van der Waals surface area contributed by atoms with Crippen LogP contribution in [0.1, 0.15) is 46.5 Å². The van der Waals surface area contributed by atoms with Gasteiger partial charge in [0.25, 0.3) is 0 Å². The van der Waals surface area contributed by atoms with Crippen LogP contribution < -0.4 is 5.32 Å². The second-order valence-corrected chi connectivity index (χ2v) is 4.79. The van der Waals surface area contributed by atoms with Crippen LogP contribution in [-0.4, -0.2) is 31.6 Å². The molecule has 0 spiro atoms. The van der Waals surface area contributed by atoms with Crippen molar-refractivity contribution >= 4 is 5.84 Å². The lowest BCUT2D eigenvalue weighted by atomic mass is 10.0. The maximum absolute atomic E-state index is 5.51. The summed E-state index contributed by atoms with van der Waals surface area (Å²) in [5.41, 5.74) is 0. The molecule has 0 aromatic heterocycles. The lowest BCUT2D eigenvalue weighted by Gasteiger charge is -2.24. The van der Waals surface area contributed by atoms with Gasteiger partial charge in [0.05, 0.1) is 18.5 Å². The van der Waals surface area contributed by atoms with Gasteiger partial charge in [-0.3, -0.25) is 4.99 Å². The number of nitrogens with one attached hydrogen (secondary N) is 1.